The molecule has 1 aliphatic rings. The Morgan fingerprint density at radius 2 is 1.35 bits per heavy atom. The van der Waals surface area contributed by atoms with Gasteiger partial charge in [0, 0.05) is 28.4 Å². The normalized spacial score (nSPS) is 13.8. The number of fused-ring (bicyclic) bond motifs is 4. The van der Waals surface area contributed by atoms with E-state index in [0.717, 1.165) is 28.4 Å². The second-order valence-electron chi connectivity index (χ2n) is 6.45. The highest BCUT2D eigenvalue weighted by Crippen LogP contribution is 2.34. The summed E-state index contributed by atoms with van der Waals surface area (Å²) in [5.74, 6) is -0.520. The number of aromatic nitrogens is 1. The number of carbonyl (C=O) groups is 2. The van der Waals surface area contributed by atoms with E-state index in [0.29, 0.717) is 16.8 Å². The van der Waals surface area contributed by atoms with Gasteiger partial charge in [-0.25, -0.2) is 4.90 Å². The number of rotatable bonds is 2. The van der Waals surface area contributed by atoms with Crippen molar-refractivity contribution < 1.29 is 9.59 Å². The number of amides is 2. The second kappa shape index (κ2) is 5.30. The first-order chi connectivity index (χ1) is 12.7. The number of hydrogen-bond acceptors (Lipinski definition) is 2. The predicted octanol–water partition coefficient (Wildman–Crippen LogP) is 4.62. The van der Waals surface area contributed by atoms with E-state index in [2.05, 4.69) is 23.6 Å². The zero-order chi connectivity index (χ0) is 17.8. The Morgan fingerprint density at radius 1 is 0.731 bits per heavy atom. The third kappa shape index (κ3) is 1.84. The monoisotopic (exact) mass is 340 g/mol. The molecule has 4 heteroatoms. The standard InChI is InChI=1S/C22H16N2O2/c1-2-23-19-10-6-5-7-15(19)18-13-14(11-12-20(18)23)24-21(25)16-8-3-4-9-17(16)22(24)26/h3-13H,2H2,1H3. The van der Waals surface area contributed by atoms with E-state index < -0.39 is 0 Å². The Labute approximate surface area is 150 Å². The number of anilines is 1. The van der Waals surface area contributed by atoms with Gasteiger partial charge in [-0.1, -0.05) is 30.3 Å². The summed E-state index contributed by atoms with van der Waals surface area (Å²) in [5, 5.41) is 2.18. The number of imide groups is 1. The summed E-state index contributed by atoms with van der Waals surface area (Å²) in [6, 6.07) is 21.0. The van der Waals surface area contributed by atoms with Crippen molar-refractivity contribution >= 4 is 39.3 Å². The minimum atomic E-state index is -0.260. The highest BCUT2D eigenvalue weighted by atomic mass is 16.2. The molecule has 0 fully saturated rings. The van der Waals surface area contributed by atoms with Crippen LogP contribution in [-0.4, -0.2) is 16.4 Å². The molecule has 2 heterocycles. The summed E-state index contributed by atoms with van der Waals surface area (Å²) < 4.78 is 2.25. The van der Waals surface area contributed by atoms with Crippen LogP contribution in [0, 0.1) is 0 Å². The van der Waals surface area contributed by atoms with Crippen molar-refractivity contribution in [3.05, 3.63) is 77.9 Å². The maximum atomic E-state index is 12.8. The lowest BCUT2D eigenvalue weighted by Gasteiger charge is -2.14. The van der Waals surface area contributed by atoms with E-state index in [-0.39, 0.29) is 11.8 Å². The molecule has 4 aromatic rings. The minimum absolute atomic E-state index is 0.260. The lowest BCUT2D eigenvalue weighted by atomic mass is 10.1. The van der Waals surface area contributed by atoms with Gasteiger partial charge in [-0.05, 0) is 43.3 Å². The Morgan fingerprint density at radius 3 is 2.04 bits per heavy atom. The minimum Gasteiger partial charge on any atom is -0.341 e. The van der Waals surface area contributed by atoms with Crippen LogP contribution in [0.4, 0.5) is 5.69 Å². The number of nitrogens with zero attached hydrogens (tertiary/aromatic N) is 2. The molecule has 0 aliphatic carbocycles. The first-order valence-corrected chi connectivity index (χ1v) is 8.69. The third-order valence-electron chi connectivity index (χ3n) is 5.12. The molecule has 126 valence electrons. The van der Waals surface area contributed by atoms with E-state index in [1.54, 1.807) is 24.3 Å². The van der Waals surface area contributed by atoms with Gasteiger partial charge in [0.05, 0.1) is 16.8 Å². The van der Waals surface area contributed by atoms with Gasteiger partial charge < -0.3 is 4.57 Å². The SMILES string of the molecule is CCn1c2ccccc2c2cc(N3C(=O)c4ccccc4C3=O)ccc21. The molecular formula is C22H16N2O2. The maximum Gasteiger partial charge on any atom is 0.266 e. The Balaban J connectivity index is 1.74. The van der Waals surface area contributed by atoms with Crippen molar-refractivity contribution in [2.75, 3.05) is 4.90 Å². The number of para-hydroxylation sites is 1. The number of hydrogen-bond donors (Lipinski definition) is 0. The highest BCUT2D eigenvalue weighted by molar-refractivity contribution is 6.34. The molecule has 5 rings (SSSR count). The van der Waals surface area contributed by atoms with E-state index >= 15 is 0 Å². The molecule has 0 unspecified atom stereocenters. The van der Waals surface area contributed by atoms with Gasteiger partial charge >= 0.3 is 0 Å². The zero-order valence-electron chi connectivity index (χ0n) is 14.3. The Kier molecular flexibility index (Phi) is 3.04. The predicted molar refractivity (Wildman–Crippen MR) is 103 cm³/mol. The number of carbonyl (C=O) groups excluding carboxylic acids is 2. The summed E-state index contributed by atoms with van der Waals surface area (Å²) in [7, 11) is 0. The smallest absolute Gasteiger partial charge is 0.266 e. The molecular weight excluding hydrogens is 324 g/mol. The van der Waals surface area contributed by atoms with E-state index in [4.69, 9.17) is 0 Å². The first-order valence-electron chi connectivity index (χ1n) is 8.69. The molecule has 0 N–H and O–H groups in total. The van der Waals surface area contributed by atoms with Gasteiger partial charge in [0.15, 0.2) is 0 Å². The van der Waals surface area contributed by atoms with Gasteiger partial charge in [0.1, 0.15) is 0 Å². The quantitative estimate of drug-likeness (QED) is 0.500. The van der Waals surface area contributed by atoms with Crippen LogP contribution in [0.3, 0.4) is 0 Å². The lowest BCUT2D eigenvalue weighted by Crippen LogP contribution is -2.29. The van der Waals surface area contributed by atoms with E-state index in [1.165, 1.54) is 4.90 Å². The molecule has 3 aromatic carbocycles. The van der Waals surface area contributed by atoms with Crippen LogP contribution in [0.15, 0.2) is 66.7 Å². The number of benzene rings is 3. The van der Waals surface area contributed by atoms with Crippen molar-refractivity contribution in [3.8, 4) is 0 Å². The summed E-state index contributed by atoms with van der Waals surface area (Å²) in [6.45, 7) is 2.97. The second-order valence-corrected chi connectivity index (χ2v) is 6.45. The van der Waals surface area contributed by atoms with Crippen LogP contribution < -0.4 is 4.90 Å². The molecule has 0 saturated carbocycles. The molecule has 1 aromatic heterocycles. The van der Waals surface area contributed by atoms with Crippen LogP contribution >= 0.6 is 0 Å². The fourth-order valence-electron chi connectivity index (χ4n) is 3.95. The van der Waals surface area contributed by atoms with Crippen molar-refractivity contribution in [1.29, 1.82) is 0 Å². The summed E-state index contributed by atoms with van der Waals surface area (Å²) in [4.78, 5) is 26.8. The largest absolute Gasteiger partial charge is 0.341 e. The summed E-state index contributed by atoms with van der Waals surface area (Å²) in [5.41, 5.74) is 3.81. The summed E-state index contributed by atoms with van der Waals surface area (Å²) in [6.07, 6.45) is 0. The van der Waals surface area contributed by atoms with Crippen molar-refractivity contribution in [1.82, 2.24) is 4.57 Å². The van der Waals surface area contributed by atoms with Gasteiger partial charge in [0.2, 0.25) is 0 Å². The molecule has 0 saturated heterocycles. The lowest BCUT2D eigenvalue weighted by molar-refractivity contribution is 0.0926. The third-order valence-corrected chi connectivity index (χ3v) is 5.12. The van der Waals surface area contributed by atoms with Crippen LogP contribution in [0.5, 0.6) is 0 Å². The van der Waals surface area contributed by atoms with Gasteiger partial charge in [-0.2, -0.15) is 0 Å². The number of aryl methyl sites for hydroxylation is 1. The van der Waals surface area contributed by atoms with Gasteiger partial charge in [-0.15, -0.1) is 0 Å². The molecule has 0 bridgehead atoms. The van der Waals surface area contributed by atoms with Crippen LogP contribution in [-0.2, 0) is 6.54 Å². The molecule has 0 spiro atoms. The average Bonchev–Trinajstić information content (AvgIpc) is 3.13. The molecule has 0 radical (unpaired) electrons. The van der Waals surface area contributed by atoms with Gasteiger partial charge in [0.25, 0.3) is 11.8 Å². The van der Waals surface area contributed by atoms with Crippen molar-refractivity contribution in [2.24, 2.45) is 0 Å². The molecule has 26 heavy (non-hydrogen) atoms. The zero-order valence-corrected chi connectivity index (χ0v) is 14.3. The Hall–Kier alpha value is -3.40. The molecule has 2 amide bonds. The van der Waals surface area contributed by atoms with E-state index in [1.807, 2.05) is 30.3 Å². The van der Waals surface area contributed by atoms with Crippen LogP contribution in [0.25, 0.3) is 21.8 Å². The first kappa shape index (κ1) is 14.9. The summed E-state index contributed by atoms with van der Waals surface area (Å²) >= 11 is 0. The van der Waals surface area contributed by atoms with Crippen LogP contribution in [0.2, 0.25) is 0 Å². The van der Waals surface area contributed by atoms with Crippen LogP contribution in [0.1, 0.15) is 27.6 Å². The fraction of sp³-hybridized carbons (Fsp3) is 0.0909. The van der Waals surface area contributed by atoms with E-state index in [9.17, 15) is 9.59 Å². The van der Waals surface area contributed by atoms with Crippen molar-refractivity contribution in [2.45, 2.75) is 13.5 Å². The fourth-order valence-corrected chi connectivity index (χ4v) is 3.95. The Bertz CT molecular complexity index is 1180. The topological polar surface area (TPSA) is 42.3 Å². The van der Waals surface area contributed by atoms with Crippen molar-refractivity contribution in [3.63, 3.8) is 0 Å². The highest BCUT2D eigenvalue weighted by Gasteiger charge is 2.36. The molecule has 4 nitrogen and oxygen atoms in total. The average molecular weight is 340 g/mol. The molecule has 1 aliphatic heterocycles. The van der Waals surface area contributed by atoms with Gasteiger partial charge in [-0.3, -0.25) is 9.59 Å². The molecule has 0 atom stereocenters. The maximum absolute atomic E-state index is 12.8.